The molecule has 2 heterocycles. The molecule has 4 rings (SSSR count). The Hall–Kier alpha value is -3.38. The molecule has 6 nitrogen and oxygen atoms in total. The number of rotatable bonds is 9. The van der Waals surface area contributed by atoms with Crippen LogP contribution in [0.1, 0.15) is 36.2 Å². The number of aromatic nitrogens is 1. The van der Waals surface area contributed by atoms with Gasteiger partial charge in [0.15, 0.2) is 0 Å². The van der Waals surface area contributed by atoms with E-state index in [0.717, 1.165) is 37.5 Å². The number of ether oxygens (including phenoxy) is 1. The summed E-state index contributed by atoms with van der Waals surface area (Å²) in [6.45, 7) is 7.73. The summed E-state index contributed by atoms with van der Waals surface area (Å²) in [7, 11) is 0. The largest absolute Gasteiger partial charge is 0.493 e. The second-order valence-electron chi connectivity index (χ2n) is 8.90. The van der Waals surface area contributed by atoms with Crippen molar-refractivity contribution in [3.05, 3.63) is 84.2 Å². The maximum atomic E-state index is 12.6. The van der Waals surface area contributed by atoms with E-state index in [1.165, 1.54) is 11.3 Å². The molecular weight excluding hydrogens is 412 g/mol. The van der Waals surface area contributed by atoms with E-state index in [2.05, 4.69) is 46.5 Å². The van der Waals surface area contributed by atoms with Crippen LogP contribution in [-0.2, 0) is 6.54 Å². The van der Waals surface area contributed by atoms with E-state index >= 15 is 0 Å². The second-order valence-corrected chi connectivity index (χ2v) is 8.90. The Morgan fingerprint density at radius 1 is 1.06 bits per heavy atom. The molecule has 0 saturated carbocycles. The quantitative estimate of drug-likeness (QED) is 0.499. The minimum Gasteiger partial charge on any atom is -0.493 e. The van der Waals surface area contributed by atoms with Crippen LogP contribution in [-0.4, -0.2) is 36.6 Å². The number of anilines is 2. The van der Waals surface area contributed by atoms with Gasteiger partial charge in [0.05, 0.1) is 6.61 Å². The number of hydrogen-bond acceptors (Lipinski definition) is 5. The number of pyridine rings is 1. The van der Waals surface area contributed by atoms with Crippen LogP contribution < -0.4 is 20.3 Å². The van der Waals surface area contributed by atoms with Gasteiger partial charge in [-0.2, -0.15) is 0 Å². The average Bonchev–Trinajstić information content (AvgIpc) is 3.32. The van der Waals surface area contributed by atoms with Gasteiger partial charge in [0.2, 0.25) is 0 Å². The smallest absolute Gasteiger partial charge is 0.255 e. The third-order valence-corrected chi connectivity index (χ3v) is 5.72. The Morgan fingerprint density at radius 3 is 2.48 bits per heavy atom. The van der Waals surface area contributed by atoms with Gasteiger partial charge in [-0.1, -0.05) is 13.8 Å². The van der Waals surface area contributed by atoms with Gasteiger partial charge in [-0.05, 0) is 78.6 Å². The van der Waals surface area contributed by atoms with Crippen molar-refractivity contribution in [2.45, 2.75) is 32.9 Å². The highest BCUT2D eigenvalue weighted by Gasteiger charge is 2.22. The second kappa shape index (κ2) is 11.0. The molecule has 1 aliphatic heterocycles. The van der Waals surface area contributed by atoms with E-state index in [0.29, 0.717) is 24.1 Å². The minimum atomic E-state index is -0.125. The zero-order chi connectivity index (χ0) is 23.0. The van der Waals surface area contributed by atoms with Gasteiger partial charge in [0.25, 0.3) is 5.91 Å². The van der Waals surface area contributed by atoms with Crippen LogP contribution in [0.5, 0.6) is 5.75 Å². The van der Waals surface area contributed by atoms with Gasteiger partial charge < -0.3 is 20.3 Å². The standard InChI is InChI=1S/C27H32N4O2/c1-20(2)19-33-26-9-3-22(4-10-26)27(32)30-23-5-7-25(8-6-23)31-16-13-24(18-31)29-17-21-11-14-28-15-12-21/h3-12,14-15,20,24,29H,13,16-19H2,1-2H3,(H,30,32). The van der Waals surface area contributed by atoms with E-state index in [1.54, 1.807) is 12.1 Å². The Bertz CT molecular complexity index is 1020. The van der Waals surface area contributed by atoms with Crippen molar-refractivity contribution in [3.63, 3.8) is 0 Å². The molecule has 172 valence electrons. The SMILES string of the molecule is CC(C)COc1ccc(C(=O)Nc2ccc(N3CCC(NCc4ccncc4)C3)cc2)cc1. The zero-order valence-corrected chi connectivity index (χ0v) is 19.3. The lowest BCUT2D eigenvalue weighted by molar-refractivity contribution is 0.102. The summed E-state index contributed by atoms with van der Waals surface area (Å²) in [5, 5.41) is 6.61. The molecule has 1 amide bonds. The molecule has 0 aliphatic carbocycles. The summed E-state index contributed by atoms with van der Waals surface area (Å²) in [5.41, 5.74) is 3.82. The van der Waals surface area contributed by atoms with Crippen LogP contribution in [0.3, 0.4) is 0 Å². The van der Waals surface area contributed by atoms with E-state index in [4.69, 9.17) is 4.74 Å². The van der Waals surface area contributed by atoms with Crippen molar-refractivity contribution in [3.8, 4) is 5.75 Å². The Balaban J connectivity index is 1.26. The topological polar surface area (TPSA) is 66.5 Å². The van der Waals surface area contributed by atoms with Crippen LogP contribution >= 0.6 is 0 Å². The first-order valence-corrected chi connectivity index (χ1v) is 11.6. The minimum absolute atomic E-state index is 0.125. The summed E-state index contributed by atoms with van der Waals surface area (Å²) in [5.74, 6) is 1.12. The lowest BCUT2D eigenvalue weighted by Crippen LogP contribution is -2.32. The number of nitrogens with one attached hydrogen (secondary N) is 2. The number of amides is 1. The highest BCUT2D eigenvalue weighted by molar-refractivity contribution is 6.04. The molecule has 2 aromatic carbocycles. The van der Waals surface area contributed by atoms with Crippen LogP contribution in [0.15, 0.2) is 73.1 Å². The van der Waals surface area contributed by atoms with E-state index < -0.39 is 0 Å². The first kappa shape index (κ1) is 22.8. The van der Waals surface area contributed by atoms with E-state index in [9.17, 15) is 4.79 Å². The predicted molar refractivity (Wildman–Crippen MR) is 133 cm³/mol. The first-order valence-electron chi connectivity index (χ1n) is 11.6. The van der Waals surface area contributed by atoms with Crippen molar-refractivity contribution < 1.29 is 9.53 Å². The molecule has 0 radical (unpaired) electrons. The number of carbonyl (C=O) groups is 1. The van der Waals surface area contributed by atoms with Gasteiger partial charge in [-0.3, -0.25) is 9.78 Å². The first-order chi connectivity index (χ1) is 16.1. The molecule has 1 aliphatic rings. The van der Waals surface area contributed by atoms with E-state index in [1.807, 2.05) is 48.8 Å². The normalized spacial score (nSPS) is 15.6. The maximum absolute atomic E-state index is 12.6. The van der Waals surface area contributed by atoms with Crippen LogP contribution in [0.2, 0.25) is 0 Å². The zero-order valence-electron chi connectivity index (χ0n) is 19.3. The molecule has 0 spiro atoms. The summed E-state index contributed by atoms with van der Waals surface area (Å²) in [4.78, 5) is 19.0. The fourth-order valence-electron chi connectivity index (χ4n) is 3.85. The monoisotopic (exact) mass is 444 g/mol. The van der Waals surface area contributed by atoms with Crippen LogP contribution in [0, 0.1) is 5.92 Å². The molecule has 0 bridgehead atoms. The fraction of sp³-hybridized carbons (Fsp3) is 0.333. The highest BCUT2D eigenvalue weighted by atomic mass is 16.5. The molecule has 1 atom stereocenters. The number of benzene rings is 2. The third kappa shape index (κ3) is 6.56. The van der Waals surface area contributed by atoms with Crippen LogP contribution in [0.4, 0.5) is 11.4 Å². The van der Waals surface area contributed by atoms with Crippen molar-refractivity contribution in [1.29, 1.82) is 0 Å². The molecule has 3 aromatic rings. The third-order valence-electron chi connectivity index (χ3n) is 5.72. The van der Waals surface area contributed by atoms with Crippen molar-refractivity contribution >= 4 is 17.3 Å². The summed E-state index contributed by atoms with van der Waals surface area (Å²) in [6, 6.07) is 19.9. The molecule has 6 heteroatoms. The molecule has 33 heavy (non-hydrogen) atoms. The van der Waals surface area contributed by atoms with Crippen molar-refractivity contribution in [2.75, 3.05) is 29.9 Å². The number of carbonyl (C=O) groups excluding carboxylic acids is 1. The maximum Gasteiger partial charge on any atom is 0.255 e. The van der Waals surface area contributed by atoms with Crippen molar-refractivity contribution in [1.82, 2.24) is 10.3 Å². The summed E-state index contributed by atoms with van der Waals surface area (Å²) in [6.07, 6.45) is 4.77. The van der Waals surface area contributed by atoms with Gasteiger partial charge >= 0.3 is 0 Å². The van der Waals surface area contributed by atoms with Gasteiger partial charge in [0.1, 0.15) is 5.75 Å². The number of nitrogens with zero attached hydrogens (tertiary/aromatic N) is 2. The molecule has 1 unspecified atom stereocenters. The van der Waals surface area contributed by atoms with Crippen molar-refractivity contribution in [2.24, 2.45) is 5.92 Å². The molecule has 1 aromatic heterocycles. The fourth-order valence-corrected chi connectivity index (χ4v) is 3.85. The summed E-state index contributed by atoms with van der Waals surface area (Å²) < 4.78 is 5.68. The summed E-state index contributed by atoms with van der Waals surface area (Å²) >= 11 is 0. The predicted octanol–water partition coefficient (Wildman–Crippen LogP) is 4.74. The van der Waals surface area contributed by atoms with Gasteiger partial charge in [-0.25, -0.2) is 0 Å². The Kier molecular flexibility index (Phi) is 7.58. The molecule has 1 saturated heterocycles. The van der Waals surface area contributed by atoms with Crippen LogP contribution in [0.25, 0.3) is 0 Å². The van der Waals surface area contributed by atoms with Gasteiger partial charge in [-0.15, -0.1) is 0 Å². The van der Waals surface area contributed by atoms with Gasteiger partial charge in [0, 0.05) is 55.0 Å². The lowest BCUT2D eigenvalue weighted by atomic mass is 10.2. The average molecular weight is 445 g/mol. The lowest BCUT2D eigenvalue weighted by Gasteiger charge is -2.19. The Morgan fingerprint density at radius 2 is 1.79 bits per heavy atom. The highest BCUT2D eigenvalue weighted by Crippen LogP contribution is 2.23. The molecular formula is C27H32N4O2. The van der Waals surface area contributed by atoms with E-state index in [-0.39, 0.29) is 5.91 Å². The Labute approximate surface area is 196 Å². The number of hydrogen-bond donors (Lipinski definition) is 2. The molecule has 1 fully saturated rings. The molecule has 2 N–H and O–H groups in total.